The minimum atomic E-state index is -0.649. The first-order chi connectivity index (χ1) is 15.9. The number of ether oxygens (including phenoxy) is 3. The van der Waals surface area contributed by atoms with Crippen molar-refractivity contribution in [3.63, 3.8) is 0 Å². The second-order valence-corrected chi connectivity index (χ2v) is 7.59. The summed E-state index contributed by atoms with van der Waals surface area (Å²) in [5.41, 5.74) is 1.21. The van der Waals surface area contributed by atoms with Crippen molar-refractivity contribution in [1.82, 2.24) is 14.8 Å². The number of esters is 2. The molecule has 0 spiro atoms. The van der Waals surface area contributed by atoms with E-state index in [1.165, 1.54) is 44.2 Å². The van der Waals surface area contributed by atoms with Gasteiger partial charge in [-0.2, -0.15) is 0 Å². The minimum absolute atomic E-state index is 0.0129. The first-order valence-electron chi connectivity index (χ1n) is 9.65. The van der Waals surface area contributed by atoms with Crippen LogP contribution in [0.2, 0.25) is 0 Å². The Morgan fingerprint density at radius 2 is 1.73 bits per heavy atom. The number of para-hydroxylation sites is 1. The van der Waals surface area contributed by atoms with E-state index < -0.39 is 17.8 Å². The van der Waals surface area contributed by atoms with Gasteiger partial charge in [-0.3, -0.25) is 4.79 Å². The Morgan fingerprint density at radius 1 is 1.00 bits per heavy atom. The second-order valence-electron chi connectivity index (χ2n) is 6.65. The van der Waals surface area contributed by atoms with Crippen molar-refractivity contribution in [2.24, 2.45) is 7.05 Å². The molecule has 33 heavy (non-hydrogen) atoms. The second kappa shape index (κ2) is 10.6. The molecule has 1 heterocycles. The van der Waals surface area contributed by atoms with Gasteiger partial charge in [0.2, 0.25) is 5.91 Å². The predicted octanol–water partition coefficient (Wildman–Crippen LogP) is 2.79. The van der Waals surface area contributed by atoms with Crippen molar-refractivity contribution in [3.05, 3.63) is 53.6 Å². The maximum Gasteiger partial charge on any atom is 0.339 e. The first kappa shape index (κ1) is 23.8. The standard InChI is InChI=1S/C22H22N4O6S/c1-26-19(15-7-5-6-8-17(15)30-2)24-25-22(26)33-12-18(27)23-16-11-13(20(28)31-3)9-10-14(16)21(29)32-4/h5-11H,12H2,1-4H3,(H,23,27). The number of nitrogens with zero attached hydrogens (tertiary/aromatic N) is 3. The number of benzene rings is 2. The summed E-state index contributed by atoms with van der Waals surface area (Å²) in [4.78, 5) is 36.5. The summed E-state index contributed by atoms with van der Waals surface area (Å²) >= 11 is 1.17. The van der Waals surface area contributed by atoms with Crippen LogP contribution in [0.15, 0.2) is 47.6 Å². The monoisotopic (exact) mass is 470 g/mol. The van der Waals surface area contributed by atoms with Gasteiger partial charge >= 0.3 is 11.9 Å². The maximum absolute atomic E-state index is 12.6. The Morgan fingerprint density at radius 3 is 2.42 bits per heavy atom. The van der Waals surface area contributed by atoms with Crippen molar-refractivity contribution < 1.29 is 28.6 Å². The fourth-order valence-electron chi connectivity index (χ4n) is 3.00. The lowest BCUT2D eigenvalue weighted by Crippen LogP contribution is -2.18. The van der Waals surface area contributed by atoms with Gasteiger partial charge in [0.25, 0.3) is 0 Å². The summed E-state index contributed by atoms with van der Waals surface area (Å²) in [6, 6.07) is 11.6. The SMILES string of the molecule is COC(=O)c1ccc(C(=O)OC)c(NC(=O)CSc2nnc(-c3ccccc3OC)n2C)c1. The summed E-state index contributed by atoms with van der Waals surface area (Å²) < 4.78 is 16.6. The van der Waals surface area contributed by atoms with E-state index in [0.717, 1.165) is 5.56 Å². The normalized spacial score (nSPS) is 10.4. The van der Waals surface area contributed by atoms with Crippen molar-refractivity contribution in [1.29, 1.82) is 0 Å². The Kier molecular flexibility index (Phi) is 7.67. The molecule has 11 heteroatoms. The molecule has 0 atom stereocenters. The van der Waals surface area contributed by atoms with Crippen LogP contribution < -0.4 is 10.1 Å². The van der Waals surface area contributed by atoms with Crippen molar-refractivity contribution in [2.45, 2.75) is 5.16 Å². The molecule has 0 saturated carbocycles. The van der Waals surface area contributed by atoms with Gasteiger partial charge in [-0.1, -0.05) is 23.9 Å². The molecule has 0 fully saturated rings. The largest absolute Gasteiger partial charge is 0.496 e. The number of hydrogen-bond acceptors (Lipinski definition) is 9. The van der Waals surface area contributed by atoms with Crippen LogP contribution in [0.25, 0.3) is 11.4 Å². The number of carbonyl (C=O) groups is 3. The molecule has 172 valence electrons. The average Bonchev–Trinajstić information content (AvgIpc) is 3.21. The van der Waals surface area contributed by atoms with Crippen LogP contribution in [-0.4, -0.2) is 59.7 Å². The van der Waals surface area contributed by atoms with Crippen LogP contribution in [0.1, 0.15) is 20.7 Å². The highest BCUT2D eigenvalue weighted by Crippen LogP contribution is 2.30. The number of carbonyl (C=O) groups excluding carboxylic acids is 3. The zero-order valence-electron chi connectivity index (χ0n) is 18.4. The third kappa shape index (κ3) is 5.32. The third-order valence-corrected chi connectivity index (χ3v) is 5.66. The number of anilines is 1. The van der Waals surface area contributed by atoms with Gasteiger partial charge in [-0.25, -0.2) is 9.59 Å². The number of nitrogens with one attached hydrogen (secondary N) is 1. The summed E-state index contributed by atoms with van der Waals surface area (Å²) in [6.45, 7) is 0. The van der Waals surface area contributed by atoms with Gasteiger partial charge < -0.3 is 24.1 Å². The molecule has 10 nitrogen and oxygen atoms in total. The quantitative estimate of drug-likeness (QED) is 0.391. The highest BCUT2D eigenvalue weighted by atomic mass is 32.2. The smallest absolute Gasteiger partial charge is 0.339 e. The minimum Gasteiger partial charge on any atom is -0.496 e. The van der Waals surface area contributed by atoms with E-state index in [1.807, 2.05) is 24.3 Å². The molecule has 3 rings (SSSR count). The Bertz CT molecular complexity index is 1190. The first-order valence-corrected chi connectivity index (χ1v) is 10.6. The molecule has 0 saturated heterocycles. The number of methoxy groups -OCH3 is 3. The van der Waals surface area contributed by atoms with Crippen LogP contribution in [0.4, 0.5) is 5.69 Å². The topological polar surface area (TPSA) is 122 Å². The molecule has 3 aromatic rings. The number of hydrogen-bond donors (Lipinski definition) is 1. The van der Waals surface area contributed by atoms with Crippen LogP contribution in [-0.2, 0) is 21.3 Å². The van der Waals surface area contributed by atoms with E-state index >= 15 is 0 Å². The van der Waals surface area contributed by atoms with Gasteiger partial charge in [0.1, 0.15) is 5.75 Å². The fraction of sp³-hybridized carbons (Fsp3) is 0.227. The molecular weight excluding hydrogens is 448 g/mol. The molecule has 0 aliphatic carbocycles. The lowest BCUT2D eigenvalue weighted by Gasteiger charge is -2.11. The number of amides is 1. The highest BCUT2D eigenvalue weighted by Gasteiger charge is 2.19. The van der Waals surface area contributed by atoms with Crippen LogP contribution >= 0.6 is 11.8 Å². The Hall–Kier alpha value is -3.86. The molecule has 1 aromatic heterocycles. The summed E-state index contributed by atoms with van der Waals surface area (Å²) in [6.07, 6.45) is 0. The molecule has 2 aromatic carbocycles. The van der Waals surface area contributed by atoms with Gasteiger partial charge in [-0.15, -0.1) is 10.2 Å². The number of thioether (sulfide) groups is 1. The van der Waals surface area contributed by atoms with Gasteiger partial charge in [0.05, 0.1) is 49.5 Å². The van der Waals surface area contributed by atoms with E-state index in [9.17, 15) is 14.4 Å². The fourth-order valence-corrected chi connectivity index (χ4v) is 3.71. The van der Waals surface area contributed by atoms with Gasteiger partial charge in [0, 0.05) is 7.05 Å². The molecule has 0 radical (unpaired) electrons. The van der Waals surface area contributed by atoms with Gasteiger partial charge in [0.15, 0.2) is 11.0 Å². The highest BCUT2D eigenvalue weighted by molar-refractivity contribution is 7.99. The van der Waals surface area contributed by atoms with E-state index in [2.05, 4.69) is 15.5 Å². The third-order valence-electron chi connectivity index (χ3n) is 4.64. The van der Waals surface area contributed by atoms with Crippen molar-refractivity contribution in [2.75, 3.05) is 32.4 Å². The maximum atomic E-state index is 12.6. The summed E-state index contributed by atoms with van der Waals surface area (Å²) in [5, 5.41) is 11.5. The van der Waals surface area contributed by atoms with Crippen molar-refractivity contribution in [3.8, 4) is 17.1 Å². The predicted molar refractivity (Wildman–Crippen MR) is 121 cm³/mol. The van der Waals surface area contributed by atoms with E-state index in [4.69, 9.17) is 14.2 Å². The number of rotatable bonds is 8. The average molecular weight is 471 g/mol. The molecule has 1 amide bonds. The zero-order chi connectivity index (χ0) is 24.0. The van der Waals surface area contributed by atoms with E-state index in [0.29, 0.717) is 16.7 Å². The van der Waals surface area contributed by atoms with Gasteiger partial charge in [-0.05, 0) is 30.3 Å². The van der Waals surface area contributed by atoms with E-state index in [-0.39, 0.29) is 22.6 Å². The molecule has 0 unspecified atom stereocenters. The lowest BCUT2D eigenvalue weighted by atomic mass is 10.1. The summed E-state index contributed by atoms with van der Waals surface area (Å²) in [5.74, 6) is -0.421. The van der Waals surface area contributed by atoms with Crippen LogP contribution in [0.3, 0.4) is 0 Å². The Labute approximate surface area is 194 Å². The van der Waals surface area contributed by atoms with Crippen LogP contribution in [0, 0.1) is 0 Å². The molecule has 1 N–H and O–H groups in total. The molecular formula is C22H22N4O6S. The number of aromatic nitrogens is 3. The van der Waals surface area contributed by atoms with Crippen LogP contribution in [0.5, 0.6) is 5.75 Å². The molecule has 0 aliphatic heterocycles. The van der Waals surface area contributed by atoms with E-state index in [1.54, 1.807) is 18.7 Å². The zero-order valence-corrected chi connectivity index (χ0v) is 19.3. The summed E-state index contributed by atoms with van der Waals surface area (Å²) in [7, 11) is 5.83. The molecule has 0 bridgehead atoms. The Balaban J connectivity index is 1.75. The van der Waals surface area contributed by atoms with Crippen molar-refractivity contribution >= 4 is 35.3 Å². The molecule has 0 aliphatic rings. The lowest BCUT2D eigenvalue weighted by molar-refractivity contribution is -0.113.